The van der Waals surface area contributed by atoms with Crippen molar-refractivity contribution in [2.24, 2.45) is 10.4 Å². The first-order chi connectivity index (χ1) is 11.2. The summed E-state index contributed by atoms with van der Waals surface area (Å²) in [6, 6.07) is 8.06. The standard InChI is InChI=1S/C18H29N3O2.HI/c1-19-17(20-13-15-6-4-7-16(12-15)23-3)21-14-18(8-5-9-18)10-11-22-2;/h4,6-7,12H,5,8-11,13-14H2,1-3H3,(H2,19,20,21);1H. The van der Waals surface area contributed by atoms with Gasteiger partial charge in [-0.3, -0.25) is 4.99 Å². The van der Waals surface area contributed by atoms with Crippen molar-refractivity contribution in [2.75, 3.05) is 34.4 Å². The first kappa shape index (κ1) is 21.0. The minimum absolute atomic E-state index is 0. The highest BCUT2D eigenvalue weighted by Gasteiger charge is 2.36. The molecular weight excluding hydrogens is 417 g/mol. The topological polar surface area (TPSA) is 54.9 Å². The summed E-state index contributed by atoms with van der Waals surface area (Å²) >= 11 is 0. The van der Waals surface area contributed by atoms with Gasteiger partial charge in [0.05, 0.1) is 7.11 Å². The normalized spacial score (nSPS) is 15.9. The molecule has 5 nitrogen and oxygen atoms in total. The molecular formula is C18H30IN3O2. The van der Waals surface area contributed by atoms with E-state index in [2.05, 4.69) is 21.7 Å². The third-order valence-corrected chi connectivity index (χ3v) is 4.70. The molecule has 6 heteroatoms. The first-order valence-corrected chi connectivity index (χ1v) is 8.28. The molecule has 0 radical (unpaired) electrons. The molecule has 24 heavy (non-hydrogen) atoms. The Bertz CT molecular complexity index is 519. The summed E-state index contributed by atoms with van der Waals surface area (Å²) in [6.07, 6.45) is 4.98. The summed E-state index contributed by atoms with van der Waals surface area (Å²) < 4.78 is 10.5. The van der Waals surface area contributed by atoms with Crippen LogP contribution in [0.4, 0.5) is 0 Å². The fourth-order valence-corrected chi connectivity index (χ4v) is 2.97. The molecule has 0 heterocycles. The molecule has 1 saturated carbocycles. The molecule has 2 rings (SSSR count). The number of hydrogen-bond donors (Lipinski definition) is 2. The number of aliphatic imine (C=N–C) groups is 1. The van der Waals surface area contributed by atoms with Crippen LogP contribution in [-0.2, 0) is 11.3 Å². The van der Waals surface area contributed by atoms with Gasteiger partial charge in [0.25, 0.3) is 0 Å². The molecule has 1 aromatic rings. The number of hydrogen-bond acceptors (Lipinski definition) is 3. The average molecular weight is 447 g/mol. The molecule has 1 aliphatic rings. The van der Waals surface area contributed by atoms with E-state index >= 15 is 0 Å². The van der Waals surface area contributed by atoms with Crippen LogP contribution in [0.3, 0.4) is 0 Å². The molecule has 0 amide bonds. The molecule has 0 aliphatic heterocycles. The molecule has 1 aromatic carbocycles. The van der Waals surface area contributed by atoms with E-state index in [-0.39, 0.29) is 24.0 Å². The lowest BCUT2D eigenvalue weighted by Crippen LogP contribution is -2.46. The van der Waals surface area contributed by atoms with Crippen LogP contribution < -0.4 is 15.4 Å². The predicted molar refractivity (Wildman–Crippen MR) is 109 cm³/mol. The number of methoxy groups -OCH3 is 2. The fraction of sp³-hybridized carbons (Fsp3) is 0.611. The van der Waals surface area contributed by atoms with Gasteiger partial charge in [-0.15, -0.1) is 24.0 Å². The predicted octanol–water partition coefficient (Wildman–Crippen LogP) is 3.19. The monoisotopic (exact) mass is 447 g/mol. The van der Waals surface area contributed by atoms with Gasteiger partial charge in [0.2, 0.25) is 0 Å². The van der Waals surface area contributed by atoms with E-state index < -0.39 is 0 Å². The van der Waals surface area contributed by atoms with Gasteiger partial charge in [0.15, 0.2) is 5.96 Å². The van der Waals surface area contributed by atoms with Crippen LogP contribution in [0, 0.1) is 5.41 Å². The molecule has 0 unspecified atom stereocenters. The number of nitrogens with zero attached hydrogens (tertiary/aromatic N) is 1. The van der Waals surface area contributed by atoms with Crippen molar-refractivity contribution in [3.8, 4) is 5.75 Å². The van der Waals surface area contributed by atoms with Crippen LogP contribution in [0.1, 0.15) is 31.2 Å². The van der Waals surface area contributed by atoms with Gasteiger partial charge in [0.1, 0.15) is 5.75 Å². The summed E-state index contributed by atoms with van der Waals surface area (Å²) in [7, 11) is 5.27. The fourth-order valence-electron chi connectivity index (χ4n) is 2.97. The van der Waals surface area contributed by atoms with Crippen molar-refractivity contribution in [1.82, 2.24) is 10.6 Å². The van der Waals surface area contributed by atoms with Gasteiger partial charge in [-0.05, 0) is 42.4 Å². The maximum atomic E-state index is 5.25. The highest BCUT2D eigenvalue weighted by molar-refractivity contribution is 14.0. The molecule has 0 atom stereocenters. The number of benzene rings is 1. The number of nitrogens with one attached hydrogen (secondary N) is 2. The van der Waals surface area contributed by atoms with Crippen LogP contribution in [0.2, 0.25) is 0 Å². The summed E-state index contributed by atoms with van der Waals surface area (Å²) in [5.41, 5.74) is 1.55. The first-order valence-electron chi connectivity index (χ1n) is 8.28. The third kappa shape index (κ3) is 6.12. The van der Waals surface area contributed by atoms with Crippen molar-refractivity contribution >= 4 is 29.9 Å². The molecule has 0 saturated heterocycles. The number of halogens is 1. The molecule has 136 valence electrons. The van der Waals surface area contributed by atoms with E-state index in [9.17, 15) is 0 Å². The van der Waals surface area contributed by atoms with Crippen molar-refractivity contribution in [3.05, 3.63) is 29.8 Å². The van der Waals surface area contributed by atoms with Gasteiger partial charge >= 0.3 is 0 Å². The highest BCUT2D eigenvalue weighted by atomic mass is 127. The Morgan fingerprint density at radius 2 is 2.04 bits per heavy atom. The Morgan fingerprint density at radius 3 is 2.62 bits per heavy atom. The molecule has 1 aliphatic carbocycles. The largest absolute Gasteiger partial charge is 0.497 e. The Hall–Kier alpha value is -1.02. The van der Waals surface area contributed by atoms with E-state index in [0.717, 1.165) is 37.8 Å². The number of guanidine groups is 1. The maximum absolute atomic E-state index is 5.25. The van der Waals surface area contributed by atoms with Crippen LogP contribution >= 0.6 is 24.0 Å². The Balaban J connectivity index is 0.00000288. The second-order valence-corrected chi connectivity index (χ2v) is 6.23. The second kappa shape index (κ2) is 10.8. The smallest absolute Gasteiger partial charge is 0.191 e. The summed E-state index contributed by atoms with van der Waals surface area (Å²) in [5.74, 6) is 1.72. The van der Waals surface area contributed by atoms with Crippen LogP contribution in [0.25, 0.3) is 0 Å². The lowest BCUT2D eigenvalue weighted by atomic mass is 9.67. The van der Waals surface area contributed by atoms with E-state index in [4.69, 9.17) is 9.47 Å². The third-order valence-electron chi connectivity index (χ3n) is 4.70. The van der Waals surface area contributed by atoms with Crippen LogP contribution in [0.15, 0.2) is 29.3 Å². The second-order valence-electron chi connectivity index (χ2n) is 6.23. The molecule has 0 aromatic heterocycles. The van der Waals surface area contributed by atoms with Crippen LogP contribution in [0.5, 0.6) is 5.75 Å². The van der Waals surface area contributed by atoms with Gasteiger partial charge in [0, 0.05) is 33.9 Å². The van der Waals surface area contributed by atoms with Gasteiger partial charge in [-0.2, -0.15) is 0 Å². The van der Waals surface area contributed by atoms with Crippen LogP contribution in [-0.4, -0.2) is 40.4 Å². The molecule has 0 bridgehead atoms. The summed E-state index contributed by atoms with van der Waals surface area (Å²) in [6.45, 7) is 2.51. The van der Waals surface area contributed by atoms with E-state index in [1.165, 1.54) is 24.8 Å². The average Bonchev–Trinajstić information content (AvgIpc) is 2.56. The number of rotatable bonds is 8. The Kier molecular flexibility index (Phi) is 9.43. The molecule has 2 N–H and O–H groups in total. The van der Waals surface area contributed by atoms with E-state index in [1.807, 2.05) is 25.2 Å². The zero-order valence-corrected chi connectivity index (χ0v) is 17.3. The van der Waals surface area contributed by atoms with Gasteiger partial charge < -0.3 is 20.1 Å². The van der Waals surface area contributed by atoms with Crippen molar-refractivity contribution in [1.29, 1.82) is 0 Å². The lowest BCUT2D eigenvalue weighted by Gasteiger charge is -2.42. The van der Waals surface area contributed by atoms with Gasteiger partial charge in [-0.1, -0.05) is 18.6 Å². The Labute approximate surface area is 162 Å². The van der Waals surface area contributed by atoms with Crippen molar-refractivity contribution in [3.63, 3.8) is 0 Å². The zero-order chi connectivity index (χ0) is 16.5. The maximum Gasteiger partial charge on any atom is 0.191 e. The summed E-state index contributed by atoms with van der Waals surface area (Å²) in [5, 5.41) is 6.84. The SMILES string of the molecule is CN=C(NCc1cccc(OC)c1)NCC1(CCOC)CCC1.I. The van der Waals surface area contributed by atoms with Gasteiger partial charge in [-0.25, -0.2) is 0 Å². The number of ether oxygens (including phenoxy) is 2. The molecule has 1 fully saturated rings. The Morgan fingerprint density at radius 1 is 1.25 bits per heavy atom. The van der Waals surface area contributed by atoms with E-state index in [0.29, 0.717) is 5.41 Å². The molecule has 0 spiro atoms. The van der Waals surface area contributed by atoms with Crippen molar-refractivity contribution < 1.29 is 9.47 Å². The highest BCUT2D eigenvalue weighted by Crippen LogP contribution is 2.43. The summed E-state index contributed by atoms with van der Waals surface area (Å²) in [4.78, 5) is 4.32. The minimum atomic E-state index is 0. The quantitative estimate of drug-likeness (QED) is 0.365. The lowest BCUT2D eigenvalue weighted by molar-refractivity contribution is 0.0732. The van der Waals surface area contributed by atoms with Crippen molar-refractivity contribution in [2.45, 2.75) is 32.2 Å². The minimum Gasteiger partial charge on any atom is -0.497 e. The van der Waals surface area contributed by atoms with E-state index in [1.54, 1.807) is 14.2 Å². The zero-order valence-electron chi connectivity index (χ0n) is 14.9.